The van der Waals surface area contributed by atoms with Gasteiger partial charge in [0.05, 0.1) is 5.92 Å². The van der Waals surface area contributed by atoms with Crippen molar-refractivity contribution in [2.75, 3.05) is 0 Å². The fraction of sp³-hybridized carbons (Fsp3) is 0.154. The Morgan fingerprint density at radius 1 is 1.06 bits per heavy atom. The Morgan fingerprint density at radius 3 is 2.62 bits per heavy atom. The number of ether oxygens (including phenoxy) is 2. The molecule has 32 heavy (non-hydrogen) atoms. The summed E-state index contributed by atoms with van der Waals surface area (Å²) >= 11 is 0. The van der Waals surface area contributed by atoms with Crippen LogP contribution < -0.4 is 9.47 Å². The molecule has 3 aromatic carbocycles. The summed E-state index contributed by atoms with van der Waals surface area (Å²) in [4.78, 5) is 16.3. The number of esters is 1. The molecule has 0 N–H and O–H groups in total. The van der Waals surface area contributed by atoms with Crippen LogP contribution in [0, 0.1) is 5.82 Å². The molecule has 0 aliphatic carbocycles. The average molecular weight is 431 g/mol. The van der Waals surface area contributed by atoms with Gasteiger partial charge in [-0.2, -0.15) is 4.98 Å². The normalized spacial score (nSPS) is 11.7. The number of carbonyl (C=O) groups excluding carboxylic acids is 1. The van der Waals surface area contributed by atoms with Crippen molar-refractivity contribution in [2.24, 2.45) is 0 Å². The zero-order valence-corrected chi connectivity index (χ0v) is 17.5. The minimum Gasteiger partial charge on any atom is -0.489 e. The summed E-state index contributed by atoms with van der Waals surface area (Å²) in [5.74, 6) is -0.814. The first-order chi connectivity index (χ1) is 15.6. The highest BCUT2D eigenvalue weighted by Crippen LogP contribution is 2.30. The SMILES string of the molecule is CCC(C(=O)Oc1cocn1)c1ccc(-c2cccc(OCc3ccccc3)c2)c(F)c1. The molecular formula is C26H22FNO4. The maximum atomic E-state index is 15.0. The molecule has 0 aliphatic heterocycles. The van der Waals surface area contributed by atoms with Gasteiger partial charge >= 0.3 is 5.97 Å². The molecule has 162 valence electrons. The molecule has 0 aliphatic rings. The Bertz CT molecular complexity index is 1180. The number of aromatic nitrogens is 1. The van der Waals surface area contributed by atoms with Crippen LogP contribution in [0.15, 0.2) is 89.9 Å². The number of hydrogen-bond acceptors (Lipinski definition) is 5. The van der Waals surface area contributed by atoms with Crippen LogP contribution >= 0.6 is 0 Å². The van der Waals surface area contributed by atoms with Crippen LogP contribution in [0.25, 0.3) is 11.1 Å². The first-order valence-electron chi connectivity index (χ1n) is 10.3. The lowest BCUT2D eigenvalue weighted by Crippen LogP contribution is -2.18. The zero-order chi connectivity index (χ0) is 22.3. The molecule has 0 radical (unpaired) electrons. The van der Waals surface area contributed by atoms with Crippen molar-refractivity contribution in [1.29, 1.82) is 0 Å². The minimum atomic E-state index is -0.615. The molecule has 1 aromatic heterocycles. The fourth-order valence-corrected chi connectivity index (χ4v) is 3.44. The Labute approximate surface area is 185 Å². The average Bonchev–Trinajstić information content (AvgIpc) is 3.32. The van der Waals surface area contributed by atoms with Crippen molar-refractivity contribution < 1.29 is 23.1 Å². The van der Waals surface area contributed by atoms with Crippen LogP contribution in [-0.2, 0) is 11.4 Å². The third-order valence-electron chi connectivity index (χ3n) is 5.10. The number of rotatable bonds is 8. The zero-order valence-electron chi connectivity index (χ0n) is 17.5. The first kappa shape index (κ1) is 21.3. The molecule has 0 amide bonds. The van der Waals surface area contributed by atoms with E-state index in [9.17, 15) is 4.79 Å². The third-order valence-corrected chi connectivity index (χ3v) is 5.10. The third kappa shape index (κ3) is 5.03. The number of carbonyl (C=O) groups is 1. The molecule has 0 saturated carbocycles. The van der Waals surface area contributed by atoms with Crippen LogP contribution in [0.5, 0.6) is 11.6 Å². The molecule has 0 fully saturated rings. The van der Waals surface area contributed by atoms with Crippen LogP contribution in [0.3, 0.4) is 0 Å². The lowest BCUT2D eigenvalue weighted by molar-refractivity contribution is -0.136. The van der Waals surface area contributed by atoms with E-state index < -0.39 is 17.7 Å². The molecule has 0 bridgehead atoms. The largest absolute Gasteiger partial charge is 0.489 e. The van der Waals surface area contributed by atoms with Gasteiger partial charge in [0.15, 0.2) is 12.7 Å². The molecule has 1 atom stereocenters. The van der Waals surface area contributed by atoms with Gasteiger partial charge in [-0.15, -0.1) is 0 Å². The predicted molar refractivity (Wildman–Crippen MR) is 118 cm³/mol. The molecular weight excluding hydrogens is 409 g/mol. The van der Waals surface area contributed by atoms with E-state index in [0.29, 0.717) is 35.5 Å². The smallest absolute Gasteiger partial charge is 0.320 e. The molecule has 4 rings (SSSR count). The van der Waals surface area contributed by atoms with Crippen molar-refractivity contribution in [3.05, 3.63) is 102 Å². The topological polar surface area (TPSA) is 61.6 Å². The highest BCUT2D eigenvalue weighted by molar-refractivity contribution is 5.80. The quantitative estimate of drug-likeness (QED) is 0.313. The lowest BCUT2D eigenvalue weighted by Gasteiger charge is -2.15. The summed E-state index contributed by atoms with van der Waals surface area (Å²) in [5, 5.41) is 0. The second kappa shape index (κ2) is 9.92. The summed E-state index contributed by atoms with van der Waals surface area (Å²) in [6.45, 7) is 2.27. The summed E-state index contributed by atoms with van der Waals surface area (Å²) in [6.07, 6.45) is 2.87. The van der Waals surface area contributed by atoms with Crippen LogP contribution in [0.1, 0.15) is 30.4 Å². The summed E-state index contributed by atoms with van der Waals surface area (Å²) in [6, 6.07) is 21.9. The molecule has 6 heteroatoms. The second-order valence-electron chi connectivity index (χ2n) is 7.25. The Hall–Kier alpha value is -3.93. The van der Waals surface area contributed by atoms with E-state index in [0.717, 1.165) is 5.56 Å². The maximum Gasteiger partial charge on any atom is 0.320 e. The van der Waals surface area contributed by atoms with Gasteiger partial charge < -0.3 is 13.9 Å². The van der Waals surface area contributed by atoms with Crippen molar-refractivity contribution in [3.8, 4) is 22.8 Å². The Morgan fingerprint density at radius 2 is 1.91 bits per heavy atom. The Balaban J connectivity index is 1.50. The van der Waals surface area contributed by atoms with E-state index in [1.807, 2.05) is 55.5 Å². The summed E-state index contributed by atoms with van der Waals surface area (Å²) in [5.41, 5.74) is 2.71. The van der Waals surface area contributed by atoms with Gasteiger partial charge in [0.25, 0.3) is 5.88 Å². The van der Waals surface area contributed by atoms with E-state index in [4.69, 9.17) is 13.9 Å². The van der Waals surface area contributed by atoms with Gasteiger partial charge in [-0.3, -0.25) is 4.79 Å². The Kier molecular flexibility index (Phi) is 6.60. The monoisotopic (exact) mass is 431 g/mol. The van der Waals surface area contributed by atoms with Gasteiger partial charge in [0.1, 0.15) is 18.2 Å². The molecule has 4 aromatic rings. The van der Waals surface area contributed by atoms with Gasteiger partial charge in [0, 0.05) is 5.56 Å². The lowest BCUT2D eigenvalue weighted by atomic mass is 9.94. The van der Waals surface area contributed by atoms with E-state index in [1.54, 1.807) is 18.2 Å². The van der Waals surface area contributed by atoms with Crippen molar-refractivity contribution in [3.63, 3.8) is 0 Å². The maximum absolute atomic E-state index is 15.0. The number of oxazole rings is 1. The highest BCUT2D eigenvalue weighted by atomic mass is 19.1. The standard InChI is InChI=1S/C26H22FNO4/c1-2-22(26(29)32-25-16-30-17-28-25)20-11-12-23(24(27)14-20)19-9-6-10-21(13-19)31-15-18-7-4-3-5-8-18/h3-14,16-17,22H,2,15H2,1H3. The van der Waals surface area contributed by atoms with Crippen molar-refractivity contribution >= 4 is 5.97 Å². The first-order valence-corrected chi connectivity index (χ1v) is 10.3. The number of benzene rings is 3. The van der Waals surface area contributed by atoms with Gasteiger partial charge in [-0.1, -0.05) is 61.5 Å². The van der Waals surface area contributed by atoms with Gasteiger partial charge in [0.2, 0.25) is 0 Å². The number of nitrogens with zero attached hydrogens (tertiary/aromatic N) is 1. The highest BCUT2D eigenvalue weighted by Gasteiger charge is 2.23. The second-order valence-corrected chi connectivity index (χ2v) is 7.25. The molecule has 1 heterocycles. The minimum absolute atomic E-state index is 0.0814. The summed E-state index contributed by atoms with van der Waals surface area (Å²) < 4.78 is 30.9. The molecule has 0 saturated heterocycles. The van der Waals surface area contributed by atoms with Crippen molar-refractivity contribution in [2.45, 2.75) is 25.9 Å². The van der Waals surface area contributed by atoms with Gasteiger partial charge in [-0.05, 0) is 41.3 Å². The van der Waals surface area contributed by atoms with E-state index >= 15 is 4.39 Å². The number of halogens is 1. The molecule has 1 unspecified atom stereocenters. The molecule has 5 nitrogen and oxygen atoms in total. The van der Waals surface area contributed by atoms with Crippen LogP contribution in [0.4, 0.5) is 4.39 Å². The van der Waals surface area contributed by atoms with E-state index in [1.165, 1.54) is 18.7 Å². The predicted octanol–water partition coefficient (Wildman–Crippen LogP) is 6.16. The molecule has 0 spiro atoms. The number of hydrogen-bond donors (Lipinski definition) is 0. The van der Waals surface area contributed by atoms with Crippen LogP contribution in [0.2, 0.25) is 0 Å². The van der Waals surface area contributed by atoms with E-state index in [-0.39, 0.29) is 5.88 Å². The van der Waals surface area contributed by atoms with Crippen molar-refractivity contribution in [1.82, 2.24) is 4.98 Å². The fourth-order valence-electron chi connectivity index (χ4n) is 3.44. The van der Waals surface area contributed by atoms with E-state index in [2.05, 4.69) is 4.98 Å². The summed E-state index contributed by atoms with van der Waals surface area (Å²) in [7, 11) is 0. The van der Waals surface area contributed by atoms with Gasteiger partial charge in [-0.25, -0.2) is 4.39 Å². The van der Waals surface area contributed by atoms with Crippen LogP contribution in [-0.4, -0.2) is 11.0 Å².